The van der Waals surface area contributed by atoms with Gasteiger partial charge in [0.1, 0.15) is 11.6 Å². The Hall–Kier alpha value is -2.71. The number of hydrogen-bond acceptors (Lipinski definition) is 4. The number of amides is 1. The molecule has 0 bridgehead atoms. The molecule has 1 saturated heterocycles. The molecule has 3 atom stereocenters. The number of fused-ring (bicyclic) bond motifs is 1. The summed E-state index contributed by atoms with van der Waals surface area (Å²) in [5.74, 6) is -0.559. The van der Waals surface area contributed by atoms with Crippen molar-refractivity contribution in [2.24, 2.45) is 17.3 Å². The van der Waals surface area contributed by atoms with Gasteiger partial charge in [0.25, 0.3) is 0 Å². The first kappa shape index (κ1) is 23.1. The van der Waals surface area contributed by atoms with Crippen LogP contribution in [0.4, 0.5) is 29.1 Å². The number of nitrogens with zero attached hydrogens (tertiary/aromatic N) is 3. The number of halogens is 4. The van der Waals surface area contributed by atoms with Gasteiger partial charge in [-0.25, -0.2) is 14.4 Å². The van der Waals surface area contributed by atoms with Crippen molar-refractivity contribution in [3.8, 4) is 0 Å². The second-order valence-corrected chi connectivity index (χ2v) is 9.88. The number of rotatable bonds is 4. The van der Waals surface area contributed by atoms with Crippen molar-refractivity contribution in [2.45, 2.75) is 63.6 Å². The van der Waals surface area contributed by atoms with Crippen molar-refractivity contribution >= 4 is 17.4 Å². The Bertz CT molecular complexity index is 1040. The van der Waals surface area contributed by atoms with E-state index in [2.05, 4.69) is 15.3 Å². The maximum Gasteiger partial charge on any atom is 0.451 e. The Morgan fingerprint density at radius 3 is 2.50 bits per heavy atom. The summed E-state index contributed by atoms with van der Waals surface area (Å²) in [5.41, 5.74) is 0.180. The van der Waals surface area contributed by atoms with Gasteiger partial charge in [0, 0.05) is 24.5 Å². The second-order valence-electron chi connectivity index (χ2n) is 9.88. The number of carbonyl (C=O) groups excluding carboxylic acids is 1. The molecule has 0 spiro atoms. The Morgan fingerprint density at radius 2 is 1.82 bits per heavy atom. The van der Waals surface area contributed by atoms with Crippen molar-refractivity contribution in [3.63, 3.8) is 0 Å². The molecule has 34 heavy (non-hydrogen) atoms. The third-order valence-electron chi connectivity index (χ3n) is 8.09. The Morgan fingerprint density at radius 1 is 1.06 bits per heavy atom. The minimum Gasteiger partial charge on any atom is -0.353 e. The van der Waals surface area contributed by atoms with Gasteiger partial charge in [-0.3, -0.25) is 4.79 Å². The first-order valence-electron chi connectivity index (χ1n) is 12.0. The lowest BCUT2D eigenvalue weighted by Gasteiger charge is -2.53. The zero-order valence-electron chi connectivity index (χ0n) is 18.8. The highest BCUT2D eigenvalue weighted by Gasteiger charge is 2.53. The van der Waals surface area contributed by atoms with Crippen molar-refractivity contribution in [1.82, 2.24) is 9.97 Å². The van der Waals surface area contributed by atoms with E-state index in [-0.39, 0.29) is 23.7 Å². The predicted molar refractivity (Wildman–Crippen MR) is 120 cm³/mol. The molecule has 2 aromatic rings. The number of hydrogen-bond donors (Lipinski definition) is 1. The molecule has 1 amide bonds. The monoisotopic (exact) mass is 476 g/mol. The summed E-state index contributed by atoms with van der Waals surface area (Å²) in [7, 11) is 0. The highest BCUT2D eigenvalue weighted by molar-refractivity contribution is 5.96. The summed E-state index contributed by atoms with van der Waals surface area (Å²) in [6.45, 7) is 0.677. The zero-order chi connectivity index (χ0) is 23.9. The maximum absolute atomic E-state index is 13.3. The summed E-state index contributed by atoms with van der Waals surface area (Å²) >= 11 is 0. The molecule has 1 aliphatic heterocycles. The first-order chi connectivity index (χ1) is 16.3. The molecule has 5 nitrogen and oxygen atoms in total. The average Bonchev–Trinajstić information content (AvgIpc) is 2.79. The highest BCUT2D eigenvalue weighted by atomic mass is 19.4. The van der Waals surface area contributed by atoms with Crippen LogP contribution < -0.4 is 10.2 Å². The lowest BCUT2D eigenvalue weighted by atomic mass is 9.54. The van der Waals surface area contributed by atoms with Gasteiger partial charge in [0.05, 0.1) is 5.41 Å². The van der Waals surface area contributed by atoms with E-state index in [1.807, 2.05) is 4.90 Å². The molecule has 9 heteroatoms. The van der Waals surface area contributed by atoms with Gasteiger partial charge in [-0.05, 0) is 87.1 Å². The van der Waals surface area contributed by atoms with Crippen molar-refractivity contribution in [3.05, 3.63) is 48.2 Å². The molecular formula is C25H28F4N4O. The summed E-state index contributed by atoms with van der Waals surface area (Å²) in [6.07, 6.45) is 3.75. The lowest BCUT2D eigenvalue weighted by Crippen LogP contribution is -2.54. The third-order valence-corrected chi connectivity index (χ3v) is 8.09. The van der Waals surface area contributed by atoms with E-state index in [9.17, 15) is 22.4 Å². The lowest BCUT2D eigenvalue weighted by molar-refractivity contribution is -0.144. The Balaban J connectivity index is 1.31. The minimum atomic E-state index is -4.57. The third kappa shape index (κ3) is 4.25. The van der Waals surface area contributed by atoms with E-state index in [4.69, 9.17) is 0 Å². The highest BCUT2D eigenvalue weighted by Crippen LogP contribution is 2.55. The van der Waals surface area contributed by atoms with Crippen LogP contribution in [0.1, 0.15) is 57.2 Å². The van der Waals surface area contributed by atoms with Gasteiger partial charge in [0.15, 0.2) is 0 Å². The Labute approximate surface area is 196 Å². The largest absolute Gasteiger partial charge is 0.451 e. The SMILES string of the molecule is O=C(Nc1ccc(F)cc1)C1(C2CCC3C(CCCN3c3ccnc(C(F)(F)F)n3)C2)CCC1. The molecule has 3 unspecified atom stereocenters. The zero-order valence-corrected chi connectivity index (χ0v) is 18.8. The van der Waals surface area contributed by atoms with Crippen LogP contribution in [0, 0.1) is 23.1 Å². The molecule has 0 radical (unpaired) electrons. The van der Waals surface area contributed by atoms with Crippen LogP contribution in [-0.2, 0) is 11.0 Å². The van der Waals surface area contributed by atoms with Crippen LogP contribution in [-0.4, -0.2) is 28.5 Å². The molecule has 1 N–H and O–H groups in total. The van der Waals surface area contributed by atoms with Crippen LogP contribution >= 0.6 is 0 Å². The number of piperidine rings is 1. The molecular weight excluding hydrogens is 448 g/mol. The van der Waals surface area contributed by atoms with E-state index in [1.165, 1.54) is 18.3 Å². The number of carbonyl (C=O) groups is 1. The van der Waals surface area contributed by atoms with Crippen LogP contribution in [0.25, 0.3) is 0 Å². The minimum absolute atomic E-state index is 0.00657. The van der Waals surface area contributed by atoms with Crippen LogP contribution in [0.15, 0.2) is 36.5 Å². The molecule has 2 aliphatic carbocycles. The van der Waals surface area contributed by atoms with Crippen LogP contribution in [0.5, 0.6) is 0 Å². The molecule has 3 fully saturated rings. The van der Waals surface area contributed by atoms with Crippen LogP contribution in [0.2, 0.25) is 0 Å². The van der Waals surface area contributed by atoms with E-state index in [0.29, 0.717) is 24.0 Å². The molecule has 182 valence electrons. The van der Waals surface area contributed by atoms with Crippen molar-refractivity contribution < 1.29 is 22.4 Å². The summed E-state index contributed by atoms with van der Waals surface area (Å²) in [4.78, 5) is 22.6. The molecule has 1 aromatic heterocycles. The second kappa shape index (κ2) is 8.82. The van der Waals surface area contributed by atoms with E-state index < -0.39 is 17.4 Å². The fraction of sp³-hybridized carbons (Fsp3) is 0.560. The van der Waals surface area contributed by atoms with Crippen LogP contribution in [0.3, 0.4) is 0 Å². The predicted octanol–water partition coefficient (Wildman–Crippen LogP) is 5.83. The smallest absolute Gasteiger partial charge is 0.353 e. The quantitative estimate of drug-likeness (QED) is 0.565. The van der Waals surface area contributed by atoms with Crippen molar-refractivity contribution in [2.75, 3.05) is 16.8 Å². The van der Waals surface area contributed by atoms with Gasteiger partial charge in [-0.1, -0.05) is 6.42 Å². The van der Waals surface area contributed by atoms with E-state index in [0.717, 1.165) is 51.4 Å². The van der Waals surface area contributed by atoms with Gasteiger partial charge in [-0.15, -0.1) is 0 Å². The first-order valence-corrected chi connectivity index (χ1v) is 12.0. The topological polar surface area (TPSA) is 58.1 Å². The molecule has 2 saturated carbocycles. The van der Waals surface area contributed by atoms with Gasteiger partial charge >= 0.3 is 6.18 Å². The fourth-order valence-corrected chi connectivity index (χ4v) is 6.26. The standard InChI is InChI=1S/C25H28F4N4O/c26-18-5-7-19(8-6-18)31-23(34)24(11-2-12-24)17-4-9-20-16(15-17)3-1-14-33(20)21-10-13-30-22(32-21)25(27,28)29/h5-8,10,13,16-17,20H,1-4,9,11-12,14-15H2,(H,31,34). The van der Waals surface area contributed by atoms with Gasteiger partial charge in [-0.2, -0.15) is 13.2 Å². The van der Waals surface area contributed by atoms with E-state index in [1.54, 1.807) is 18.2 Å². The number of aromatic nitrogens is 2. The molecule has 2 heterocycles. The number of nitrogens with one attached hydrogen (secondary N) is 1. The summed E-state index contributed by atoms with van der Waals surface area (Å²) in [5, 5.41) is 3.00. The van der Waals surface area contributed by atoms with E-state index >= 15 is 0 Å². The molecule has 3 aliphatic rings. The Kier molecular flexibility index (Phi) is 5.98. The summed E-state index contributed by atoms with van der Waals surface area (Å²) in [6, 6.07) is 7.51. The average molecular weight is 477 g/mol. The summed E-state index contributed by atoms with van der Waals surface area (Å²) < 4.78 is 52.7. The number of anilines is 2. The number of benzene rings is 1. The normalized spacial score (nSPS) is 26.4. The maximum atomic E-state index is 13.3. The molecule has 5 rings (SSSR count). The fourth-order valence-electron chi connectivity index (χ4n) is 6.26. The molecule has 1 aromatic carbocycles. The number of alkyl halides is 3. The van der Waals surface area contributed by atoms with Gasteiger partial charge < -0.3 is 10.2 Å². The van der Waals surface area contributed by atoms with Gasteiger partial charge in [0.2, 0.25) is 11.7 Å². The van der Waals surface area contributed by atoms with Crippen molar-refractivity contribution in [1.29, 1.82) is 0 Å².